The van der Waals surface area contributed by atoms with E-state index in [1.807, 2.05) is 0 Å². The highest BCUT2D eigenvalue weighted by Gasteiger charge is 2.70. The summed E-state index contributed by atoms with van der Waals surface area (Å²) < 4.78 is 6.30. The minimum absolute atomic E-state index is 0.0121. The van der Waals surface area contributed by atoms with E-state index in [1.165, 1.54) is 25.7 Å². The van der Waals surface area contributed by atoms with Gasteiger partial charge in [0, 0.05) is 24.7 Å². The lowest BCUT2D eigenvalue weighted by molar-refractivity contribution is -0.214. The molecule has 4 saturated carbocycles. The molecule has 0 amide bonds. The van der Waals surface area contributed by atoms with Crippen molar-refractivity contribution in [1.82, 2.24) is 0 Å². The molecule has 0 radical (unpaired) electrons. The maximum atomic E-state index is 13.1. The summed E-state index contributed by atoms with van der Waals surface area (Å²) >= 11 is 0. The van der Waals surface area contributed by atoms with E-state index in [1.54, 1.807) is 12.5 Å². The summed E-state index contributed by atoms with van der Waals surface area (Å²) in [5.41, 5.74) is 1.81. The van der Waals surface area contributed by atoms with Crippen LogP contribution in [0.25, 0.3) is 0 Å². The van der Waals surface area contributed by atoms with Crippen molar-refractivity contribution in [3.05, 3.63) is 11.6 Å². The lowest BCUT2D eigenvalue weighted by Crippen LogP contribution is -2.67. The van der Waals surface area contributed by atoms with Crippen molar-refractivity contribution in [3.63, 3.8) is 0 Å². The Morgan fingerprint density at radius 2 is 1.63 bits per heavy atom. The van der Waals surface area contributed by atoms with Gasteiger partial charge in [-0.3, -0.25) is 9.59 Å². The molecule has 3 heteroatoms. The number of ether oxygens (including phenoxy) is 1. The summed E-state index contributed by atoms with van der Waals surface area (Å²) in [7, 11) is 0. The van der Waals surface area contributed by atoms with Crippen LogP contribution < -0.4 is 0 Å². The molecule has 0 aliphatic heterocycles. The number of hydrogen-bond acceptors (Lipinski definition) is 3. The Labute approximate surface area is 214 Å². The van der Waals surface area contributed by atoms with E-state index < -0.39 is 0 Å². The predicted molar refractivity (Wildman–Crippen MR) is 141 cm³/mol. The Hall–Kier alpha value is -1.12. The predicted octanol–water partition coefficient (Wildman–Crippen LogP) is 7.77. The molecular formula is C32H50O3. The second kappa shape index (κ2) is 7.70. The van der Waals surface area contributed by atoms with Crippen LogP contribution in [0.1, 0.15) is 114 Å². The van der Waals surface area contributed by atoms with Crippen molar-refractivity contribution in [3.8, 4) is 0 Å². The van der Waals surface area contributed by atoms with Gasteiger partial charge in [0.1, 0.15) is 11.9 Å². The molecular weight excluding hydrogens is 432 g/mol. The minimum atomic E-state index is -0.307. The van der Waals surface area contributed by atoms with Crippen LogP contribution >= 0.6 is 0 Å². The molecule has 4 fully saturated rings. The number of fused-ring (bicyclic) bond motifs is 7. The van der Waals surface area contributed by atoms with Gasteiger partial charge in [0.05, 0.1) is 0 Å². The molecule has 5 aliphatic rings. The quantitative estimate of drug-likeness (QED) is 0.283. The van der Waals surface area contributed by atoms with Gasteiger partial charge in [-0.1, -0.05) is 61.0 Å². The van der Waals surface area contributed by atoms with E-state index in [9.17, 15) is 9.59 Å². The van der Waals surface area contributed by atoms with Crippen LogP contribution in [0, 0.1) is 56.7 Å². The number of ketones is 1. The molecule has 10 atom stereocenters. The van der Waals surface area contributed by atoms with Crippen LogP contribution in [0.2, 0.25) is 0 Å². The number of rotatable bonds is 1. The zero-order valence-corrected chi connectivity index (χ0v) is 23.9. The Bertz CT molecular complexity index is 962. The topological polar surface area (TPSA) is 43.4 Å². The molecule has 0 aromatic rings. The number of esters is 1. The van der Waals surface area contributed by atoms with Crippen molar-refractivity contribution in [1.29, 1.82) is 0 Å². The number of Topliss-reactive ketones (excluding diaryl/α,β-unsaturated/α-hetero) is 1. The smallest absolute Gasteiger partial charge is 0.303 e. The third-order valence-electron chi connectivity index (χ3n) is 13.4. The van der Waals surface area contributed by atoms with E-state index in [2.05, 4.69) is 61.5 Å². The Balaban J connectivity index is 1.70. The normalized spacial score (nSPS) is 52.8. The molecule has 0 bridgehead atoms. The summed E-state index contributed by atoms with van der Waals surface area (Å²) in [5.74, 6) is 2.79. The molecule has 196 valence electrons. The monoisotopic (exact) mass is 482 g/mol. The lowest BCUT2D eigenvalue weighted by atomic mass is 9.33. The first kappa shape index (κ1) is 25.5. The summed E-state index contributed by atoms with van der Waals surface area (Å²) in [6.45, 7) is 21.0. The molecule has 35 heavy (non-hydrogen) atoms. The Morgan fingerprint density at radius 3 is 2.29 bits per heavy atom. The molecule has 0 heterocycles. The van der Waals surface area contributed by atoms with Crippen molar-refractivity contribution >= 4 is 11.8 Å². The molecule has 0 aromatic carbocycles. The summed E-state index contributed by atoms with van der Waals surface area (Å²) in [6.07, 6.45) is 11.3. The van der Waals surface area contributed by atoms with Gasteiger partial charge in [-0.2, -0.15) is 0 Å². The van der Waals surface area contributed by atoms with E-state index in [4.69, 9.17) is 4.74 Å². The van der Waals surface area contributed by atoms with E-state index >= 15 is 0 Å². The number of carbonyl (C=O) groups excluding carboxylic acids is 2. The Kier molecular flexibility index (Phi) is 5.62. The average molecular weight is 483 g/mol. The van der Waals surface area contributed by atoms with Crippen molar-refractivity contribution in [2.75, 3.05) is 0 Å². The third kappa shape index (κ3) is 3.21. The molecule has 0 N–H and O–H groups in total. The molecule has 0 aromatic heterocycles. The average Bonchev–Trinajstić information content (AvgIpc) is 2.75. The fourth-order valence-corrected chi connectivity index (χ4v) is 11.0. The molecule has 0 spiro atoms. The van der Waals surface area contributed by atoms with Crippen LogP contribution in [-0.4, -0.2) is 17.9 Å². The van der Waals surface area contributed by atoms with Crippen molar-refractivity contribution in [2.24, 2.45) is 56.7 Å². The molecule has 5 rings (SSSR count). The van der Waals surface area contributed by atoms with Gasteiger partial charge in [0.15, 0.2) is 0 Å². The number of allylic oxidation sites excluding steroid dienone is 1. The first-order valence-electron chi connectivity index (χ1n) is 14.5. The molecule has 5 aliphatic carbocycles. The standard InChI is InChI=1S/C32H50O3/c1-19-10-13-29(6)16-17-31(8)22(26(29)20(19)2)18-23(35-21(3)33)27-30(7)14-12-25(34)28(4,5)24(30)11-15-32(27,31)9/h18-20,23-24,26-27H,10-17H2,1-9H3. The number of carbonyl (C=O) groups is 2. The van der Waals surface area contributed by atoms with Gasteiger partial charge in [-0.25, -0.2) is 0 Å². The largest absolute Gasteiger partial charge is 0.458 e. The highest BCUT2D eigenvalue weighted by molar-refractivity contribution is 5.85. The summed E-state index contributed by atoms with van der Waals surface area (Å²) in [6, 6.07) is 0. The van der Waals surface area contributed by atoms with E-state index in [0.717, 1.165) is 25.2 Å². The van der Waals surface area contributed by atoms with E-state index in [0.29, 0.717) is 35.4 Å². The van der Waals surface area contributed by atoms with Gasteiger partial charge < -0.3 is 4.74 Å². The SMILES string of the molecule is CC(=O)OC1C=C2C3C(C)C(C)CCC3(C)CCC2(C)C2(C)CCC3C(C)(C)C(=O)CCC3(C)C12. The highest BCUT2D eigenvalue weighted by atomic mass is 16.5. The zero-order valence-electron chi connectivity index (χ0n) is 23.9. The summed E-state index contributed by atoms with van der Waals surface area (Å²) in [4.78, 5) is 25.6. The van der Waals surface area contributed by atoms with Crippen LogP contribution in [-0.2, 0) is 14.3 Å². The second-order valence-electron chi connectivity index (χ2n) is 15.2. The zero-order chi connectivity index (χ0) is 25.8. The van der Waals surface area contributed by atoms with Gasteiger partial charge in [-0.05, 0) is 96.4 Å². The fourth-order valence-electron chi connectivity index (χ4n) is 11.0. The van der Waals surface area contributed by atoms with Crippen LogP contribution in [0.3, 0.4) is 0 Å². The lowest BCUT2D eigenvalue weighted by Gasteiger charge is -2.71. The van der Waals surface area contributed by atoms with Crippen LogP contribution in [0.4, 0.5) is 0 Å². The second-order valence-corrected chi connectivity index (χ2v) is 15.2. The molecule has 3 nitrogen and oxygen atoms in total. The van der Waals surface area contributed by atoms with Crippen molar-refractivity contribution in [2.45, 2.75) is 120 Å². The fraction of sp³-hybridized carbons (Fsp3) is 0.875. The maximum absolute atomic E-state index is 13.1. The third-order valence-corrected chi connectivity index (χ3v) is 13.4. The molecule has 10 unspecified atom stereocenters. The molecule has 0 saturated heterocycles. The Morgan fingerprint density at radius 1 is 0.943 bits per heavy atom. The first-order valence-corrected chi connectivity index (χ1v) is 14.5. The van der Waals surface area contributed by atoms with Gasteiger partial charge >= 0.3 is 5.97 Å². The highest BCUT2D eigenvalue weighted by Crippen LogP contribution is 2.75. The van der Waals surface area contributed by atoms with Crippen molar-refractivity contribution < 1.29 is 14.3 Å². The van der Waals surface area contributed by atoms with Gasteiger partial charge in [0.25, 0.3) is 0 Å². The summed E-state index contributed by atoms with van der Waals surface area (Å²) in [5, 5.41) is 0. The minimum Gasteiger partial charge on any atom is -0.458 e. The first-order chi connectivity index (χ1) is 16.1. The van der Waals surface area contributed by atoms with Crippen LogP contribution in [0.5, 0.6) is 0 Å². The van der Waals surface area contributed by atoms with E-state index in [-0.39, 0.29) is 39.7 Å². The number of hydrogen-bond donors (Lipinski definition) is 0. The van der Waals surface area contributed by atoms with Crippen LogP contribution in [0.15, 0.2) is 11.6 Å². The van der Waals surface area contributed by atoms with Gasteiger partial charge in [0.2, 0.25) is 0 Å². The van der Waals surface area contributed by atoms with Gasteiger partial charge in [-0.15, -0.1) is 0 Å². The maximum Gasteiger partial charge on any atom is 0.303 e.